The van der Waals surface area contributed by atoms with Crippen molar-refractivity contribution in [2.75, 3.05) is 5.32 Å². The number of aromatic nitrogens is 6. The van der Waals surface area contributed by atoms with Gasteiger partial charge >= 0.3 is 0 Å². The molecule has 1 N–H and O–H groups in total. The maximum absolute atomic E-state index is 12.5. The standard InChI is InChI=1S/C21H21N7O2/c1-2-28-20(24-25-26-28)15-30-19-10-8-17(9-11-19)21(29)23-18-12-22-27(14-18)13-16-6-4-3-5-7-16/h3-12,14H,2,13,15H2,1H3,(H,23,29). The predicted octanol–water partition coefficient (Wildman–Crippen LogP) is 2.77. The SMILES string of the molecule is CCn1nnnc1COc1ccc(C(=O)Nc2cnn(Cc3ccccc3)c2)cc1. The lowest BCUT2D eigenvalue weighted by Crippen LogP contribution is -2.11. The summed E-state index contributed by atoms with van der Waals surface area (Å²) in [5.41, 5.74) is 2.31. The Hall–Kier alpha value is -4.01. The minimum absolute atomic E-state index is 0.212. The number of rotatable bonds is 8. The molecular weight excluding hydrogens is 382 g/mol. The summed E-state index contributed by atoms with van der Waals surface area (Å²) in [5.74, 6) is 1.07. The van der Waals surface area contributed by atoms with Gasteiger partial charge in [0.25, 0.3) is 5.91 Å². The highest BCUT2D eigenvalue weighted by molar-refractivity contribution is 6.04. The molecule has 0 atom stereocenters. The second-order valence-corrected chi connectivity index (χ2v) is 6.59. The van der Waals surface area contributed by atoms with E-state index in [0.717, 1.165) is 5.56 Å². The average molecular weight is 403 g/mol. The third-order valence-electron chi connectivity index (χ3n) is 4.47. The van der Waals surface area contributed by atoms with Gasteiger partial charge in [-0.15, -0.1) is 5.10 Å². The van der Waals surface area contributed by atoms with Gasteiger partial charge in [0.1, 0.15) is 12.4 Å². The molecule has 9 nitrogen and oxygen atoms in total. The maximum Gasteiger partial charge on any atom is 0.255 e. The fourth-order valence-corrected chi connectivity index (χ4v) is 2.91. The van der Waals surface area contributed by atoms with Crippen LogP contribution in [0.4, 0.5) is 5.69 Å². The van der Waals surface area contributed by atoms with Gasteiger partial charge < -0.3 is 10.1 Å². The van der Waals surface area contributed by atoms with Gasteiger partial charge in [0.05, 0.1) is 18.4 Å². The molecule has 0 aliphatic heterocycles. The molecule has 2 heterocycles. The molecule has 0 spiro atoms. The summed E-state index contributed by atoms with van der Waals surface area (Å²) in [6.45, 7) is 3.53. The van der Waals surface area contributed by atoms with Crippen LogP contribution in [0, 0.1) is 0 Å². The fourth-order valence-electron chi connectivity index (χ4n) is 2.91. The van der Waals surface area contributed by atoms with Gasteiger partial charge in [-0.2, -0.15) is 5.10 Å². The van der Waals surface area contributed by atoms with Crippen LogP contribution >= 0.6 is 0 Å². The minimum atomic E-state index is -0.212. The monoisotopic (exact) mass is 403 g/mol. The summed E-state index contributed by atoms with van der Waals surface area (Å²) in [6.07, 6.45) is 3.44. The fraction of sp³-hybridized carbons (Fsp3) is 0.190. The first-order valence-electron chi connectivity index (χ1n) is 9.57. The van der Waals surface area contributed by atoms with E-state index in [1.54, 1.807) is 46.0 Å². The quantitative estimate of drug-likeness (QED) is 0.486. The molecule has 2 aromatic heterocycles. The van der Waals surface area contributed by atoms with Crippen LogP contribution in [-0.4, -0.2) is 35.9 Å². The summed E-state index contributed by atoms with van der Waals surface area (Å²) in [7, 11) is 0. The maximum atomic E-state index is 12.5. The Bertz CT molecular complexity index is 1100. The Kier molecular flexibility index (Phi) is 5.79. The summed E-state index contributed by atoms with van der Waals surface area (Å²) >= 11 is 0. The van der Waals surface area contributed by atoms with E-state index >= 15 is 0 Å². The number of carbonyl (C=O) groups excluding carboxylic acids is 1. The summed E-state index contributed by atoms with van der Waals surface area (Å²) in [5, 5.41) is 18.6. The number of carbonyl (C=O) groups is 1. The Morgan fingerprint density at radius 1 is 1.10 bits per heavy atom. The molecule has 0 unspecified atom stereocenters. The molecule has 0 aliphatic carbocycles. The number of aryl methyl sites for hydroxylation is 1. The smallest absolute Gasteiger partial charge is 0.255 e. The van der Waals surface area contributed by atoms with Gasteiger partial charge in [-0.3, -0.25) is 9.48 Å². The van der Waals surface area contributed by atoms with E-state index in [1.807, 2.05) is 37.3 Å². The highest BCUT2D eigenvalue weighted by atomic mass is 16.5. The largest absolute Gasteiger partial charge is 0.486 e. The number of nitrogens with zero attached hydrogens (tertiary/aromatic N) is 6. The zero-order valence-electron chi connectivity index (χ0n) is 16.5. The highest BCUT2D eigenvalue weighted by Gasteiger charge is 2.09. The van der Waals surface area contributed by atoms with E-state index in [1.165, 1.54) is 0 Å². The van der Waals surface area contributed by atoms with Crippen LogP contribution in [0.2, 0.25) is 0 Å². The van der Waals surface area contributed by atoms with Crippen LogP contribution in [-0.2, 0) is 19.7 Å². The van der Waals surface area contributed by atoms with Crippen LogP contribution < -0.4 is 10.1 Å². The third kappa shape index (κ3) is 4.69. The summed E-state index contributed by atoms with van der Waals surface area (Å²) in [4.78, 5) is 12.5. The van der Waals surface area contributed by atoms with Crippen molar-refractivity contribution in [3.8, 4) is 5.75 Å². The Morgan fingerprint density at radius 3 is 2.67 bits per heavy atom. The molecule has 30 heavy (non-hydrogen) atoms. The topological polar surface area (TPSA) is 99.8 Å². The molecule has 4 aromatic rings. The number of anilines is 1. The van der Waals surface area contributed by atoms with Crippen LogP contribution in [0.15, 0.2) is 67.0 Å². The van der Waals surface area contributed by atoms with E-state index in [4.69, 9.17) is 4.74 Å². The van der Waals surface area contributed by atoms with Gasteiger partial charge in [-0.1, -0.05) is 30.3 Å². The minimum Gasteiger partial charge on any atom is -0.486 e. The first kappa shape index (κ1) is 19.3. The lowest BCUT2D eigenvalue weighted by molar-refractivity contribution is 0.102. The van der Waals surface area contributed by atoms with Gasteiger partial charge in [-0.25, -0.2) is 4.68 Å². The molecule has 0 saturated carbocycles. The molecular formula is C21H21N7O2. The molecule has 4 rings (SSSR count). The van der Waals surface area contributed by atoms with Gasteiger partial charge in [0.2, 0.25) is 0 Å². The van der Waals surface area contributed by atoms with Crippen LogP contribution in [0.1, 0.15) is 28.7 Å². The zero-order chi connectivity index (χ0) is 20.8. The first-order chi connectivity index (χ1) is 14.7. The number of tetrazole rings is 1. The molecule has 9 heteroatoms. The van der Waals surface area contributed by atoms with Crippen molar-refractivity contribution in [3.63, 3.8) is 0 Å². The van der Waals surface area contributed by atoms with Crippen molar-refractivity contribution in [2.24, 2.45) is 0 Å². The second kappa shape index (κ2) is 8.99. The molecule has 0 bridgehead atoms. The number of amides is 1. The average Bonchev–Trinajstić information content (AvgIpc) is 3.42. The van der Waals surface area contributed by atoms with Crippen molar-refractivity contribution in [1.29, 1.82) is 0 Å². The van der Waals surface area contributed by atoms with Crippen molar-refractivity contribution in [1.82, 2.24) is 30.0 Å². The molecule has 2 aromatic carbocycles. The van der Waals surface area contributed by atoms with Crippen molar-refractivity contribution in [2.45, 2.75) is 26.6 Å². The second-order valence-electron chi connectivity index (χ2n) is 6.59. The van der Waals surface area contributed by atoms with E-state index in [0.29, 0.717) is 35.9 Å². The number of benzene rings is 2. The van der Waals surface area contributed by atoms with Gasteiger partial charge in [-0.05, 0) is 47.2 Å². The summed E-state index contributed by atoms with van der Waals surface area (Å²) in [6, 6.07) is 16.9. The zero-order valence-corrected chi connectivity index (χ0v) is 16.5. The van der Waals surface area contributed by atoms with E-state index < -0.39 is 0 Å². The number of hydrogen-bond acceptors (Lipinski definition) is 6. The Labute approximate surface area is 173 Å². The van der Waals surface area contributed by atoms with Crippen LogP contribution in [0.5, 0.6) is 5.75 Å². The van der Waals surface area contributed by atoms with Crippen molar-refractivity contribution in [3.05, 3.63) is 83.9 Å². The van der Waals surface area contributed by atoms with Crippen LogP contribution in [0.25, 0.3) is 0 Å². The van der Waals surface area contributed by atoms with E-state index in [9.17, 15) is 4.79 Å². The summed E-state index contributed by atoms with van der Waals surface area (Å²) < 4.78 is 9.15. The van der Waals surface area contributed by atoms with E-state index in [2.05, 4.69) is 25.9 Å². The molecule has 0 aliphatic rings. The Morgan fingerprint density at radius 2 is 1.90 bits per heavy atom. The molecule has 0 fully saturated rings. The highest BCUT2D eigenvalue weighted by Crippen LogP contribution is 2.15. The lowest BCUT2D eigenvalue weighted by atomic mass is 10.2. The van der Waals surface area contributed by atoms with Crippen molar-refractivity contribution >= 4 is 11.6 Å². The molecule has 0 saturated heterocycles. The Balaban J connectivity index is 1.32. The van der Waals surface area contributed by atoms with Crippen molar-refractivity contribution < 1.29 is 9.53 Å². The number of hydrogen-bond donors (Lipinski definition) is 1. The van der Waals surface area contributed by atoms with Gasteiger partial charge in [0.15, 0.2) is 5.82 Å². The van der Waals surface area contributed by atoms with Crippen LogP contribution in [0.3, 0.4) is 0 Å². The normalized spacial score (nSPS) is 10.7. The van der Waals surface area contributed by atoms with E-state index in [-0.39, 0.29) is 12.5 Å². The number of ether oxygens (including phenoxy) is 1. The third-order valence-corrected chi connectivity index (χ3v) is 4.47. The van der Waals surface area contributed by atoms with Gasteiger partial charge in [0, 0.05) is 18.3 Å². The molecule has 152 valence electrons. The molecule has 0 radical (unpaired) electrons. The lowest BCUT2D eigenvalue weighted by Gasteiger charge is -2.07. The first-order valence-corrected chi connectivity index (χ1v) is 9.57. The molecule has 1 amide bonds. The predicted molar refractivity (Wildman–Crippen MR) is 110 cm³/mol. The number of nitrogens with one attached hydrogen (secondary N) is 1.